The van der Waals surface area contributed by atoms with Crippen molar-refractivity contribution in [3.63, 3.8) is 0 Å². The van der Waals surface area contributed by atoms with Gasteiger partial charge in [0, 0.05) is 50.1 Å². The predicted octanol–water partition coefficient (Wildman–Crippen LogP) is 5.02. The van der Waals surface area contributed by atoms with Crippen molar-refractivity contribution < 1.29 is 23.9 Å². The second-order valence-corrected chi connectivity index (χ2v) is 12.1. The van der Waals surface area contributed by atoms with Gasteiger partial charge < -0.3 is 24.6 Å². The van der Waals surface area contributed by atoms with E-state index in [0.29, 0.717) is 31.1 Å². The van der Waals surface area contributed by atoms with Crippen molar-refractivity contribution in [2.45, 2.75) is 50.6 Å². The van der Waals surface area contributed by atoms with Gasteiger partial charge in [0.15, 0.2) is 22.5 Å². The number of hydrogen-bond donors (Lipinski definition) is 2. The first-order valence-corrected chi connectivity index (χ1v) is 15.6. The maximum Gasteiger partial charge on any atom is 0.287 e. The highest BCUT2D eigenvalue weighted by Crippen LogP contribution is 2.32. The molecule has 0 spiro atoms. The van der Waals surface area contributed by atoms with E-state index in [2.05, 4.69) is 17.4 Å². The zero-order valence-electron chi connectivity index (χ0n) is 24.7. The molecule has 0 unspecified atom stereocenters. The maximum atomic E-state index is 14.0. The van der Waals surface area contributed by atoms with Gasteiger partial charge in [-0.25, -0.2) is 0 Å². The molecule has 0 aliphatic carbocycles. The number of likely N-dealkylation sites (tertiary alicyclic amines) is 2. The molecule has 10 heteroatoms. The summed E-state index contributed by atoms with van der Waals surface area (Å²) in [5.41, 5.74) is 2.59. The number of phenols is 1. The fraction of sp³-hybridized carbons (Fsp3) is 0.314. The number of nitrogens with zero attached hydrogens (tertiary/aromatic N) is 2. The number of nitrogens with one attached hydrogen (secondary N) is 1. The Morgan fingerprint density at radius 3 is 2.47 bits per heavy atom. The van der Waals surface area contributed by atoms with Crippen molar-refractivity contribution in [2.24, 2.45) is 0 Å². The van der Waals surface area contributed by atoms with Gasteiger partial charge in [0.1, 0.15) is 6.04 Å². The molecular formula is C35H34ClN3O6. The molecule has 232 valence electrons. The molecular weight excluding hydrogens is 594 g/mol. The number of carbonyl (C=O) groups excluding carboxylic acids is 3. The van der Waals surface area contributed by atoms with Crippen LogP contribution in [0, 0.1) is 0 Å². The van der Waals surface area contributed by atoms with Crippen LogP contribution in [-0.4, -0.2) is 58.3 Å². The van der Waals surface area contributed by atoms with Crippen molar-refractivity contribution in [3.8, 4) is 5.75 Å². The van der Waals surface area contributed by atoms with Gasteiger partial charge in [-0.2, -0.15) is 0 Å². The second kappa shape index (κ2) is 13.2. The number of rotatable bonds is 8. The van der Waals surface area contributed by atoms with Crippen molar-refractivity contribution in [2.75, 3.05) is 19.6 Å². The molecule has 2 N–H and O–H groups in total. The average Bonchev–Trinajstić information content (AvgIpc) is 3.46. The molecule has 4 aromatic rings. The van der Waals surface area contributed by atoms with Crippen molar-refractivity contribution in [3.05, 3.63) is 110 Å². The number of piperidine rings is 1. The van der Waals surface area contributed by atoms with Crippen LogP contribution < -0.4 is 10.7 Å². The molecule has 3 amide bonds. The lowest BCUT2D eigenvalue weighted by atomic mass is 9.86. The zero-order chi connectivity index (χ0) is 31.5. The third-order valence-electron chi connectivity index (χ3n) is 8.75. The van der Waals surface area contributed by atoms with Crippen LogP contribution >= 0.6 is 11.6 Å². The van der Waals surface area contributed by atoms with Crippen LogP contribution in [0.1, 0.15) is 58.8 Å². The predicted molar refractivity (Wildman–Crippen MR) is 170 cm³/mol. The second-order valence-electron chi connectivity index (χ2n) is 11.7. The Morgan fingerprint density at radius 1 is 0.978 bits per heavy atom. The summed E-state index contributed by atoms with van der Waals surface area (Å²) in [6.07, 6.45) is 3.20. The van der Waals surface area contributed by atoms with E-state index in [9.17, 15) is 24.3 Å². The topological polar surface area (TPSA) is 120 Å². The third-order valence-corrected chi connectivity index (χ3v) is 9.00. The molecule has 2 fully saturated rings. The van der Waals surface area contributed by atoms with Gasteiger partial charge in [0.2, 0.25) is 11.8 Å². The highest BCUT2D eigenvalue weighted by molar-refractivity contribution is 6.30. The van der Waals surface area contributed by atoms with E-state index in [4.69, 9.17) is 16.0 Å². The number of phenolic OH excluding ortho intramolecular Hbond substituents is 1. The van der Waals surface area contributed by atoms with Crippen LogP contribution in [-0.2, 0) is 22.6 Å². The number of fused-ring (bicyclic) bond motifs is 1. The monoisotopic (exact) mass is 627 g/mol. The minimum atomic E-state index is -0.936. The van der Waals surface area contributed by atoms with Crippen molar-refractivity contribution in [1.29, 1.82) is 0 Å². The van der Waals surface area contributed by atoms with Gasteiger partial charge in [-0.15, -0.1) is 0 Å². The summed E-state index contributed by atoms with van der Waals surface area (Å²) < 4.78 is 5.63. The van der Waals surface area contributed by atoms with Crippen LogP contribution in [0.4, 0.5) is 0 Å². The van der Waals surface area contributed by atoms with E-state index in [1.54, 1.807) is 29.2 Å². The molecule has 6 rings (SSSR count). The largest absolute Gasteiger partial charge is 0.504 e. The lowest BCUT2D eigenvalue weighted by Crippen LogP contribution is -2.51. The van der Waals surface area contributed by atoms with Crippen LogP contribution in [0.2, 0.25) is 5.02 Å². The number of benzene rings is 3. The number of aromatic hydroxyl groups is 1. The van der Waals surface area contributed by atoms with E-state index in [-0.39, 0.29) is 46.6 Å². The molecule has 0 bridgehead atoms. The van der Waals surface area contributed by atoms with Gasteiger partial charge in [-0.3, -0.25) is 19.2 Å². The van der Waals surface area contributed by atoms with E-state index >= 15 is 0 Å². The van der Waals surface area contributed by atoms with Gasteiger partial charge in [-0.05, 0) is 66.1 Å². The highest BCUT2D eigenvalue weighted by atomic mass is 35.5. The van der Waals surface area contributed by atoms with Crippen LogP contribution in [0.3, 0.4) is 0 Å². The molecule has 3 heterocycles. The number of para-hydroxylation sites is 1. The lowest BCUT2D eigenvalue weighted by molar-refractivity contribution is -0.134. The molecule has 3 aromatic carbocycles. The van der Waals surface area contributed by atoms with Crippen molar-refractivity contribution >= 4 is 40.3 Å². The smallest absolute Gasteiger partial charge is 0.287 e. The summed E-state index contributed by atoms with van der Waals surface area (Å²) in [6, 6.07) is 19.8. The molecule has 45 heavy (non-hydrogen) atoms. The Kier molecular flexibility index (Phi) is 8.89. The minimum absolute atomic E-state index is 0.0906. The summed E-state index contributed by atoms with van der Waals surface area (Å²) in [5, 5.41) is 13.7. The zero-order valence-corrected chi connectivity index (χ0v) is 25.5. The van der Waals surface area contributed by atoms with E-state index < -0.39 is 17.4 Å². The van der Waals surface area contributed by atoms with Crippen LogP contribution in [0.15, 0.2) is 82.0 Å². The molecule has 0 radical (unpaired) electrons. The van der Waals surface area contributed by atoms with Crippen molar-refractivity contribution in [1.82, 2.24) is 15.1 Å². The molecule has 2 aliphatic rings. The van der Waals surface area contributed by atoms with E-state index in [1.165, 1.54) is 23.8 Å². The molecule has 1 atom stereocenters. The molecule has 2 saturated heterocycles. The summed E-state index contributed by atoms with van der Waals surface area (Å²) in [4.78, 5) is 56.0. The van der Waals surface area contributed by atoms with Gasteiger partial charge in [-0.1, -0.05) is 54.1 Å². The number of halogens is 1. The molecule has 9 nitrogen and oxygen atoms in total. The van der Waals surface area contributed by atoms with Gasteiger partial charge >= 0.3 is 0 Å². The fourth-order valence-corrected chi connectivity index (χ4v) is 6.47. The molecule has 2 aliphatic heterocycles. The van der Waals surface area contributed by atoms with Crippen LogP contribution in [0.25, 0.3) is 11.0 Å². The first kappa shape index (κ1) is 30.4. The number of carbonyl (C=O) groups is 3. The van der Waals surface area contributed by atoms with E-state index in [1.807, 2.05) is 17.0 Å². The van der Waals surface area contributed by atoms with E-state index in [0.717, 1.165) is 43.0 Å². The minimum Gasteiger partial charge on any atom is -0.504 e. The number of hydrogen-bond acceptors (Lipinski definition) is 6. The number of amides is 3. The van der Waals surface area contributed by atoms with Gasteiger partial charge in [0.25, 0.3) is 5.91 Å². The first-order valence-electron chi connectivity index (χ1n) is 15.2. The highest BCUT2D eigenvalue weighted by Gasteiger charge is 2.32. The summed E-state index contributed by atoms with van der Waals surface area (Å²) in [5.74, 6) is -1.09. The Labute approximate surface area is 265 Å². The quantitative estimate of drug-likeness (QED) is 0.283. The Balaban J connectivity index is 1.19. The lowest BCUT2D eigenvalue weighted by Gasteiger charge is -2.35. The SMILES string of the molecule is O=C(N[C@H](Cc1ccc(Cl)cc1)C(=O)N1CCC(c2ccccc2CN2CCCC2=O)CC1)c1cc(=O)c2cccc(O)c2o1. The summed E-state index contributed by atoms with van der Waals surface area (Å²) in [7, 11) is 0. The normalized spacial score (nSPS) is 16.2. The molecule has 1 aromatic heterocycles. The standard InChI is InChI=1S/C35H34ClN3O6/c36-25-12-10-22(11-13-25)19-28(37-34(43)31-20-30(41)27-7-3-8-29(40)33(27)45-31)35(44)38-17-14-23(15-18-38)26-6-2-1-5-24(26)21-39-16-4-9-32(39)42/h1-3,5-8,10-13,20,23,28,40H,4,9,14-19,21H2,(H,37,43)/t28-/m1/s1. The Bertz CT molecular complexity index is 1800. The van der Waals surface area contributed by atoms with Gasteiger partial charge in [0.05, 0.1) is 5.39 Å². The Hall–Kier alpha value is -4.63. The molecule has 0 saturated carbocycles. The first-order chi connectivity index (χ1) is 21.8. The summed E-state index contributed by atoms with van der Waals surface area (Å²) >= 11 is 6.08. The van der Waals surface area contributed by atoms with Crippen LogP contribution in [0.5, 0.6) is 5.75 Å². The summed E-state index contributed by atoms with van der Waals surface area (Å²) in [6.45, 7) is 2.40. The maximum absolute atomic E-state index is 14.0. The Morgan fingerprint density at radius 2 is 1.73 bits per heavy atom. The average molecular weight is 628 g/mol. The fourth-order valence-electron chi connectivity index (χ4n) is 6.34. The third kappa shape index (κ3) is 6.73.